The van der Waals surface area contributed by atoms with Crippen molar-refractivity contribution in [3.63, 3.8) is 0 Å². The average molecular weight is 409 g/mol. The third-order valence-electron chi connectivity index (χ3n) is 4.45. The molecule has 0 aliphatic heterocycles. The van der Waals surface area contributed by atoms with E-state index in [0.29, 0.717) is 23.8 Å². The molecule has 0 radical (unpaired) electrons. The number of hydrogen-bond acceptors (Lipinski definition) is 4. The largest absolute Gasteiger partial charge is 0.462 e. The highest BCUT2D eigenvalue weighted by molar-refractivity contribution is 7.80. The number of ether oxygens (including phenoxy) is 1. The van der Waals surface area contributed by atoms with Gasteiger partial charge in [0, 0.05) is 5.69 Å². The predicted molar refractivity (Wildman–Crippen MR) is 119 cm³/mol. The quantitative estimate of drug-likeness (QED) is 0.461. The van der Waals surface area contributed by atoms with Crippen molar-refractivity contribution < 1.29 is 9.53 Å². The van der Waals surface area contributed by atoms with Gasteiger partial charge in [0.25, 0.3) is 0 Å². The van der Waals surface area contributed by atoms with Crippen molar-refractivity contribution in [1.29, 1.82) is 0 Å². The molecule has 7 heteroatoms. The van der Waals surface area contributed by atoms with Crippen LogP contribution in [-0.4, -0.2) is 27.5 Å². The zero-order valence-electron chi connectivity index (χ0n) is 16.7. The molecule has 6 nitrogen and oxygen atoms in total. The van der Waals surface area contributed by atoms with Crippen molar-refractivity contribution in [3.05, 3.63) is 77.1 Å². The number of rotatable bonds is 6. The molecule has 0 amide bonds. The molecule has 1 aromatic heterocycles. The molecule has 0 aliphatic rings. The van der Waals surface area contributed by atoms with Crippen molar-refractivity contribution in [3.8, 4) is 0 Å². The number of thiocarbonyl (C=S) groups is 1. The fraction of sp³-hybridized carbons (Fsp3) is 0.227. The summed E-state index contributed by atoms with van der Waals surface area (Å²) in [6.07, 6.45) is 0. The van der Waals surface area contributed by atoms with Crippen molar-refractivity contribution >= 4 is 34.7 Å². The number of aromatic nitrogens is 2. The Bertz CT molecular complexity index is 998. The number of aryl methyl sites for hydroxylation is 1. The third kappa shape index (κ3) is 5.20. The van der Waals surface area contributed by atoms with Crippen LogP contribution in [0.3, 0.4) is 0 Å². The van der Waals surface area contributed by atoms with E-state index in [1.54, 1.807) is 31.2 Å². The highest BCUT2D eigenvalue weighted by Gasteiger charge is 2.13. The second kappa shape index (κ2) is 9.34. The zero-order chi connectivity index (χ0) is 20.8. The normalized spacial score (nSPS) is 10.4. The SMILES string of the molecule is CCOC(=O)c1ccc(NC(=S)Nc2c(C)nn(Cc3ccccc3)c2C)cc1. The summed E-state index contributed by atoms with van der Waals surface area (Å²) in [4.78, 5) is 11.7. The fourth-order valence-corrected chi connectivity index (χ4v) is 3.19. The van der Waals surface area contributed by atoms with Crippen LogP contribution in [0.15, 0.2) is 54.6 Å². The van der Waals surface area contributed by atoms with Crippen LogP contribution in [0.2, 0.25) is 0 Å². The molecule has 2 aromatic carbocycles. The Morgan fingerprint density at radius 3 is 2.41 bits per heavy atom. The van der Waals surface area contributed by atoms with E-state index in [4.69, 9.17) is 17.0 Å². The molecule has 0 fully saturated rings. The van der Waals surface area contributed by atoms with E-state index >= 15 is 0 Å². The van der Waals surface area contributed by atoms with Gasteiger partial charge in [-0.1, -0.05) is 30.3 Å². The van der Waals surface area contributed by atoms with Gasteiger partial charge in [-0.3, -0.25) is 4.68 Å². The molecule has 0 aliphatic carbocycles. The number of benzene rings is 2. The summed E-state index contributed by atoms with van der Waals surface area (Å²) < 4.78 is 6.95. The van der Waals surface area contributed by atoms with E-state index in [-0.39, 0.29) is 5.97 Å². The summed E-state index contributed by atoms with van der Waals surface area (Å²) in [5, 5.41) is 11.5. The van der Waals surface area contributed by atoms with Crippen LogP contribution >= 0.6 is 12.2 Å². The van der Waals surface area contributed by atoms with E-state index in [9.17, 15) is 4.79 Å². The van der Waals surface area contributed by atoms with E-state index in [0.717, 1.165) is 22.8 Å². The summed E-state index contributed by atoms with van der Waals surface area (Å²) in [5.41, 5.74) is 5.25. The predicted octanol–water partition coefficient (Wildman–Crippen LogP) is 4.53. The first kappa shape index (κ1) is 20.5. The van der Waals surface area contributed by atoms with Gasteiger partial charge in [0.15, 0.2) is 5.11 Å². The van der Waals surface area contributed by atoms with Gasteiger partial charge in [-0.05, 0) is 62.8 Å². The summed E-state index contributed by atoms with van der Waals surface area (Å²) in [6, 6.07) is 17.2. The molecule has 3 rings (SSSR count). The number of nitrogens with zero attached hydrogens (tertiary/aromatic N) is 2. The second-order valence-electron chi connectivity index (χ2n) is 6.57. The summed E-state index contributed by atoms with van der Waals surface area (Å²) >= 11 is 5.45. The van der Waals surface area contributed by atoms with Gasteiger partial charge in [0.05, 0.1) is 35.8 Å². The van der Waals surface area contributed by atoms with Crippen LogP contribution in [0.1, 0.15) is 34.2 Å². The molecule has 0 spiro atoms. The Labute approximate surface area is 175 Å². The van der Waals surface area contributed by atoms with Gasteiger partial charge in [-0.15, -0.1) is 0 Å². The van der Waals surface area contributed by atoms with Crippen molar-refractivity contribution in [1.82, 2.24) is 9.78 Å². The van der Waals surface area contributed by atoms with Crippen LogP contribution in [0.5, 0.6) is 0 Å². The van der Waals surface area contributed by atoms with Gasteiger partial charge < -0.3 is 15.4 Å². The van der Waals surface area contributed by atoms with Gasteiger partial charge in [0.1, 0.15) is 0 Å². The first-order chi connectivity index (χ1) is 14.0. The maximum absolute atomic E-state index is 11.7. The standard InChI is InChI=1S/C22H24N4O2S/c1-4-28-21(27)18-10-12-19(13-11-18)23-22(29)24-20-15(2)25-26(16(20)3)14-17-8-6-5-7-9-17/h5-13H,4,14H2,1-3H3,(H2,23,24,29). The number of esters is 1. The lowest BCUT2D eigenvalue weighted by Crippen LogP contribution is -2.20. The van der Waals surface area contributed by atoms with E-state index in [1.807, 2.05) is 36.7 Å². The molecule has 0 unspecified atom stereocenters. The molecule has 0 bridgehead atoms. The zero-order valence-corrected chi connectivity index (χ0v) is 17.5. The number of nitrogens with one attached hydrogen (secondary N) is 2. The summed E-state index contributed by atoms with van der Waals surface area (Å²) in [7, 11) is 0. The van der Waals surface area contributed by atoms with Crippen LogP contribution in [-0.2, 0) is 11.3 Å². The van der Waals surface area contributed by atoms with Crippen LogP contribution in [0.4, 0.5) is 11.4 Å². The molecular weight excluding hydrogens is 384 g/mol. The Morgan fingerprint density at radius 1 is 1.07 bits per heavy atom. The third-order valence-corrected chi connectivity index (χ3v) is 4.65. The maximum Gasteiger partial charge on any atom is 0.338 e. The number of carbonyl (C=O) groups excluding carboxylic acids is 1. The Balaban J connectivity index is 1.65. The molecule has 3 aromatic rings. The number of hydrogen-bond donors (Lipinski definition) is 2. The highest BCUT2D eigenvalue weighted by Crippen LogP contribution is 2.21. The topological polar surface area (TPSA) is 68.2 Å². The van der Waals surface area contributed by atoms with Crippen LogP contribution in [0, 0.1) is 13.8 Å². The number of carbonyl (C=O) groups is 1. The molecule has 2 N–H and O–H groups in total. The maximum atomic E-state index is 11.7. The van der Waals surface area contributed by atoms with Gasteiger partial charge in [-0.2, -0.15) is 5.10 Å². The van der Waals surface area contributed by atoms with E-state index < -0.39 is 0 Å². The lowest BCUT2D eigenvalue weighted by atomic mass is 10.2. The lowest BCUT2D eigenvalue weighted by molar-refractivity contribution is 0.0526. The molecule has 150 valence electrons. The van der Waals surface area contributed by atoms with Crippen LogP contribution < -0.4 is 10.6 Å². The van der Waals surface area contributed by atoms with E-state index in [2.05, 4.69) is 27.9 Å². The Hall–Kier alpha value is -3.19. The van der Waals surface area contributed by atoms with Crippen molar-refractivity contribution in [2.45, 2.75) is 27.3 Å². The highest BCUT2D eigenvalue weighted by atomic mass is 32.1. The minimum absolute atomic E-state index is 0.336. The molecule has 0 atom stereocenters. The summed E-state index contributed by atoms with van der Waals surface area (Å²) in [6.45, 7) is 6.80. The smallest absolute Gasteiger partial charge is 0.338 e. The van der Waals surface area contributed by atoms with E-state index in [1.165, 1.54) is 5.56 Å². The first-order valence-electron chi connectivity index (χ1n) is 9.41. The number of anilines is 2. The fourth-order valence-electron chi connectivity index (χ4n) is 2.97. The Kier molecular flexibility index (Phi) is 6.61. The first-order valence-corrected chi connectivity index (χ1v) is 9.82. The molecule has 0 saturated carbocycles. The minimum atomic E-state index is -0.336. The lowest BCUT2D eigenvalue weighted by Gasteiger charge is -2.12. The van der Waals surface area contributed by atoms with Gasteiger partial charge in [0.2, 0.25) is 0 Å². The second-order valence-corrected chi connectivity index (χ2v) is 6.97. The molecule has 1 heterocycles. The minimum Gasteiger partial charge on any atom is -0.462 e. The average Bonchev–Trinajstić information content (AvgIpc) is 2.97. The summed E-state index contributed by atoms with van der Waals surface area (Å²) in [5.74, 6) is -0.336. The van der Waals surface area contributed by atoms with Gasteiger partial charge in [-0.25, -0.2) is 4.79 Å². The molecule has 29 heavy (non-hydrogen) atoms. The van der Waals surface area contributed by atoms with Gasteiger partial charge >= 0.3 is 5.97 Å². The molecule has 0 saturated heterocycles. The molecular formula is C22H24N4O2S. The monoisotopic (exact) mass is 408 g/mol. The van der Waals surface area contributed by atoms with Crippen molar-refractivity contribution in [2.24, 2.45) is 0 Å². The van der Waals surface area contributed by atoms with Crippen LogP contribution in [0.25, 0.3) is 0 Å². The van der Waals surface area contributed by atoms with Crippen molar-refractivity contribution in [2.75, 3.05) is 17.2 Å². The Morgan fingerprint density at radius 2 is 1.76 bits per heavy atom.